The topological polar surface area (TPSA) is 101 Å². The number of benzene rings is 1. The number of ether oxygens (including phenoxy) is 2. The van der Waals surface area contributed by atoms with Crippen molar-refractivity contribution in [2.24, 2.45) is 5.41 Å². The van der Waals surface area contributed by atoms with E-state index in [-0.39, 0.29) is 49.6 Å². The van der Waals surface area contributed by atoms with E-state index in [0.717, 1.165) is 12.3 Å². The molecular formula is C23H24F3N3O6. The van der Waals surface area contributed by atoms with E-state index in [2.05, 4.69) is 4.74 Å². The zero-order valence-electron chi connectivity index (χ0n) is 18.9. The third-order valence-electron chi connectivity index (χ3n) is 7.20. The van der Waals surface area contributed by atoms with Crippen LogP contribution in [0.25, 0.3) is 10.9 Å². The molecule has 3 heterocycles. The molecule has 2 atom stereocenters. The fourth-order valence-electron chi connectivity index (χ4n) is 5.42. The van der Waals surface area contributed by atoms with E-state index >= 15 is 8.78 Å². The Kier molecular flexibility index (Phi) is 5.56. The van der Waals surface area contributed by atoms with Crippen molar-refractivity contribution < 1.29 is 37.3 Å². The summed E-state index contributed by atoms with van der Waals surface area (Å²) in [4.78, 5) is 38.9. The van der Waals surface area contributed by atoms with E-state index in [0.29, 0.717) is 12.8 Å². The summed E-state index contributed by atoms with van der Waals surface area (Å²) < 4.78 is 56.8. The molecule has 0 bridgehead atoms. The second-order valence-electron chi connectivity index (χ2n) is 9.28. The summed E-state index contributed by atoms with van der Waals surface area (Å²) >= 11 is 0. The molecule has 2 unspecified atom stereocenters. The van der Waals surface area contributed by atoms with Gasteiger partial charge in [0.05, 0.1) is 36.4 Å². The molecular weight excluding hydrogens is 471 g/mol. The van der Waals surface area contributed by atoms with Crippen LogP contribution in [0.1, 0.15) is 32.2 Å². The Bertz CT molecular complexity index is 1280. The van der Waals surface area contributed by atoms with E-state index in [4.69, 9.17) is 9.84 Å². The highest BCUT2D eigenvalue weighted by Gasteiger charge is 2.56. The Balaban J connectivity index is 1.62. The smallest absolute Gasteiger partial charge is 0.450 e. The second kappa shape index (κ2) is 8.35. The first-order chi connectivity index (χ1) is 16.7. The number of likely N-dealkylation sites (tertiary alicyclic amines) is 1. The van der Waals surface area contributed by atoms with Gasteiger partial charge in [-0.1, -0.05) is 0 Å². The number of carboxylic acid groups (broad SMARTS) is 1. The molecule has 188 valence electrons. The fraction of sp³-hybridized carbons (Fsp3) is 0.522. The molecule has 1 aromatic carbocycles. The first kappa shape index (κ1) is 23.3. The summed E-state index contributed by atoms with van der Waals surface area (Å²) in [5, 5.41) is 8.60. The van der Waals surface area contributed by atoms with E-state index in [1.807, 2.05) is 0 Å². The lowest BCUT2D eigenvalue weighted by Crippen LogP contribution is -2.41. The highest BCUT2D eigenvalue weighted by Crippen LogP contribution is 2.48. The minimum atomic E-state index is -1.71. The molecule has 3 aliphatic rings. The summed E-state index contributed by atoms with van der Waals surface area (Å²) in [6.07, 6.45) is 0.429. The van der Waals surface area contributed by atoms with Gasteiger partial charge >= 0.3 is 12.2 Å². The van der Waals surface area contributed by atoms with Crippen molar-refractivity contribution in [3.8, 4) is 5.75 Å². The van der Waals surface area contributed by atoms with Crippen LogP contribution in [0.4, 0.5) is 28.4 Å². The number of amides is 1. The van der Waals surface area contributed by atoms with Gasteiger partial charge in [0.25, 0.3) is 0 Å². The van der Waals surface area contributed by atoms with E-state index in [1.165, 1.54) is 14.4 Å². The summed E-state index contributed by atoms with van der Waals surface area (Å²) in [6.45, 7) is 1.30. The standard InChI is InChI=1S/C23H24F3N3O6/c1-2-34-21(31)27-9-16-23(10-24,11-27)5-6-28(16)19-14(25)7-13-18(17(19)26)29(12-3-4-12)8-15(20(13)30)35-22(32)33/h7-8,12,16H,2-6,9-11H2,1H3,(H,32,33). The molecule has 0 spiro atoms. The average Bonchev–Trinajstić information content (AvgIpc) is 3.49. The Hall–Kier alpha value is -3.44. The van der Waals surface area contributed by atoms with E-state index in [1.54, 1.807) is 6.92 Å². The van der Waals surface area contributed by atoms with Crippen LogP contribution in [0.5, 0.6) is 5.75 Å². The van der Waals surface area contributed by atoms with Gasteiger partial charge in [-0.05, 0) is 32.3 Å². The maximum Gasteiger partial charge on any atom is 0.511 e. The van der Waals surface area contributed by atoms with Gasteiger partial charge in [-0.15, -0.1) is 0 Å². The van der Waals surface area contributed by atoms with Crippen LogP contribution in [-0.4, -0.2) is 65.8 Å². The molecule has 2 aromatic rings. The predicted octanol–water partition coefficient (Wildman–Crippen LogP) is 3.68. The summed E-state index contributed by atoms with van der Waals surface area (Å²) in [6, 6.07) is -0.0117. The summed E-state index contributed by atoms with van der Waals surface area (Å²) in [7, 11) is 0. The number of rotatable bonds is 5. The minimum Gasteiger partial charge on any atom is -0.450 e. The number of halogens is 3. The van der Waals surface area contributed by atoms with Gasteiger partial charge in [-0.2, -0.15) is 0 Å². The predicted molar refractivity (Wildman–Crippen MR) is 118 cm³/mol. The number of alkyl halides is 1. The number of pyridine rings is 1. The molecule has 5 rings (SSSR count). The van der Waals surface area contributed by atoms with Crippen LogP contribution < -0.4 is 15.1 Å². The fourth-order valence-corrected chi connectivity index (χ4v) is 5.42. The molecule has 3 fully saturated rings. The Morgan fingerprint density at radius 2 is 2.03 bits per heavy atom. The first-order valence-corrected chi connectivity index (χ1v) is 11.4. The summed E-state index contributed by atoms with van der Waals surface area (Å²) in [5.41, 5.74) is -2.50. The molecule has 9 nitrogen and oxygen atoms in total. The van der Waals surface area contributed by atoms with E-state index in [9.17, 15) is 18.8 Å². The zero-order chi connectivity index (χ0) is 25.1. The number of carbonyl (C=O) groups is 2. The van der Waals surface area contributed by atoms with Crippen LogP contribution in [0.2, 0.25) is 0 Å². The zero-order valence-corrected chi connectivity index (χ0v) is 18.9. The lowest BCUT2D eigenvalue weighted by molar-refractivity contribution is 0.107. The number of aromatic nitrogens is 1. The molecule has 0 radical (unpaired) electrons. The van der Waals surface area contributed by atoms with Crippen LogP contribution in [0, 0.1) is 17.0 Å². The number of carbonyl (C=O) groups excluding carboxylic acids is 1. The summed E-state index contributed by atoms with van der Waals surface area (Å²) in [5.74, 6) is -2.57. The van der Waals surface area contributed by atoms with Crippen LogP contribution >= 0.6 is 0 Å². The van der Waals surface area contributed by atoms with Gasteiger partial charge in [-0.25, -0.2) is 18.4 Å². The van der Waals surface area contributed by atoms with Crippen molar-refractivity contribution in [2.75, 3.05) is 37.8 Å². The number of fused-ring (bicyclic) bond motifs is 2. The first-order valence-electron chi connectivity index (χ1n) is 11.4. The minimum absolute atomic E-state index is 0.0422. The van der Waals surface area contributed by atoms with Crippen molar-refractivity contribution in [1.29, 1.82) is 0 Å². The van der Waals surface area contributed by atoms with Gasteiger partial charge < -0.3 is 28.9 Å². The molecule has 1 aromatic heterocycles. The van der Waals surface area contributed by atoms with Crippen LogP contribution in [0.15, 0.2) is 17.1 Å². The quantitative estimate of drug-likeness (QED) is 0.632. The van der Waals surface area contributed by atoms with Gasteiger partial charge in [0, 0.05) is 31.1 Å². The third-order valence-corrected chi connectivity index (χ3v) is 7.20. The van der Waals surface area contributed by atoms with Crippen LogP contribution in [0.3, 0.4) is 0 Å². The largest absolute Gasteiger partial charge is 0.511 e. The SMILES string of the molecule is CCOC(=O)N1CC2N(c3c(F)cc4c(=O)c(OC(=O)O)cn(C5CC5)c4c3F)CCC2(CF)C1. The Labute approximate surface area is 197 Å². The van der Waals surface area contributed by atoms with Crippen molar-refractivity contribution in [3.63, 3.8) is 0 Å². The third kappa shape index (κ3) is 3.66. The highest BCUT2D eigenvalue weighted by atomic mass is 19.1. The number of anilines is 1. The molecule has 1 saturated carbocycles. The normalized spacial score (nSPS) is 23.6. The Morgan fingerprint density at radius 1 is 1.29 bits per heavy atom. The lowest BCUT2D eigenvalue weighted by atomic mass is 9.84. The van der Waals surface area contributed by atoms with Crippen molar-refractivity contribution in [1.82, 2.24) is 9.47 Å². The molecule has 35 heavy (non-hydrogen) atoms. The van der Waals surface area contributed by atoms with E-state index < -0.39 is 58.9 Å². The number of hydrogen-bond acceptors (Lipinski definition) is 6. The van der Waals surface area contributed by atoms with Gasteiger partial charge in [-0.3, -0.25) is 9.18 Å². The molecule has 12 heteroatoms. The lowest BCUT2D eigenvalue weighted by Gasteiger charge is -2.31. The van der Waals surface area contributed by atoms with Gasteiger partial charge in [0.1, 0.15) is 11.5 Å². The average molecular weight is 495 g/mol. The van der Waals surface area contributed by atoms with Gasteiger partial charge in [0.2, 0.25) is 5.43 Å². The molecule has 1 N–H and O–H groups in total. The van der Waals surface area contributed by atoms with Crippen molar-refractivity contribution >= 4 is 28.8 Å². The van der Waals surface area contributed by atoms with Crippen molar-refractivity contribution in [2.45, 2.75) is 38.3 Å². The van der Waals surface area contributed by atoms with Gasteiger partial charge in [0.15, 0.2) is 11.6 Å². The second-order valence-corrected chi connectivity index (χ2v) is 9.28. The maximum atomic E-state index is 16.1. The van der Waals surface area contributed by atoms with Crippen LogP contribution in [-0.2, 0) is 4.74 Å². The molecule has 1 amide bonds. The van der Waals surface area contributed by atoms with Crippen molar-refractivity contribution in [3.05, 3.63) is 34.1 Å². The highest BCUT2D eigenvalue weighted by molar-refractivity contribution is 5.86. The molecule has 2 saturated heterocycles. The monoisotopic (exact) mass is 495 g/mol. The molecule has 1 aliphatic carbocycles. The number of hydrogen-bond donors (Lipinski definition) is 1. The maximum absolute atomic E-state index is 16.1. The molecule has 2 aliphatic heterocycles. The number of nitrogens with zero attached hydrogens (tertiary/aromatic N) is 3. The Morgan fingerprint density at radius 3 is 2.66 bits per heavy atom.